The zero-order valence-corrected chi connectivity index (χ0v) is 13.5. The van der Waals surface area contributed by atoms with Gasteiger partial charge in [-0.2, -0.15) is 0 Å². The van der Waals surface area contributed by atoms with Crippen molar-refractivity contribution in [3.05, 3.63) is 11.1 Å². The van der Waals surface area contributed by atoms with E-state index in [2.05, 4.69) is 6.92 Å². The lowest BCUT2D eigenvalue weighted by Crippen LogP contribution is -2.62. The van der Waals surface area contributed by atoms with Crippen LogP contribution in [0.2, 0.25) is 0 Å². The molecule has 2 saturated carbocycles. The van der Waals surface area contributed by atoms with Crippen molar-refractivity contribution in [2.24, 2.45) is 40.9 Å². The van der Waals surface area contributed by atoms with Crippen LogP contribution >= 0.6 is 0 Å². The highest BCUT2D eigenvalue weighted by atomic mass is 16.6. The summed E-state index contributed by atoms with van der Waals surface area (Å²) in [5, 5.41) is 0. The largest absolute Gasteiger partial charge is 0.393 e. The first-order chi connectivity index (χ1) is 11.4. The highest BCUT2D eigenvalue weighted by Crippen LogP contribution is 2.71. The van der Waals surface area contributed by atoms with Crippen molar-refractivity contribution in [2.45, 2.75) is 33.1 Å². The molecule has 0 aromatic rings. The fourth-order valence-electron chi connectivity index (χ4n) is 6.57. The SMILES string of the molecule is CC1=C2CCC(C)CC23C2C(=O)OC(=O)C2C1C1C(=O)OC(=O)C13. The molecule has 6 nitrogen and oxygen atoms in total. The Bertz CT molecular complexity index is 719. The molecule has 6 aliphatic rings. The van der Waals surface area contributed by atoms with Crippen molar-refractivity contribution in [3.8, 4) is 0 Å². The van der Waals surface area contributed by atoms with Gasteiger partial charge in [0.15, 0.2) is 0 Å². The summed E-state index contributed by atoms with van der Waals surface area (Å²) >= 11 is 0. The first-order valence-corrected chi connectivity index (χ1v) is 8.59. The first-order valence-electron chi connectivity index (χ1n) is 8.59. The normalized spacial score (nSPS) is 48.9. The Morgan fingerprint density at radius 3 is 1.96 bits per heavy atom. The maximum Gasteiger partial charge on any atom is 0.318 e. The third-order valence-corrected chi connectivity index (χ3v) is 7.17. The van der Waals surface area contributed by atoms with Gasteiger partial charge < -0.3 is 9.47 Å². The monoisotopic (exact) mass is 330 g/mol. The van der Waals surface area contributed by atoms with Crippen LogP contribution in [0.25, 0.3) is 0 Å². The molecule has 5 unspecified atom stereocenters. The summed E-state index contributed by atoms with van der Waals surface area (Å²) in [6.07, 6.45) is 2.42. The number of carbonyl (C=O) groups is 4. The molecule has 0 amide bonds. The Kier molecular flexibility index (Phi) is 2.49. The summed E-state index contributed by atoms with van der Waals surface area (Å²) in [5.41, 5.74) is 1.33. The standard InChI is InChI=1S/C18H18O6/c1-6-3-4-8-7(2)9-10-12(16(21)23-14(10)19)18(8,5-6)13-11(9)15(20)24-17(13)22/h6,9-13H,3-5H2,1-2H3. The fraction of sp³-hybridized carbons (Fsp3) is 0.667. The number of rotatable bonds is 0. The van der Waals surface area contributed by atoms with Crippen LogP contribution in [-0.2, 0) is 28.7 Å². The van der Waals surface area contributed by atoms with Gasteiger partial charge in [-0.3, -0.25) is 19.2 Å². The Hall–Kier alpha value is -1.98. The van der Waals surface area contributed by atoms with Gasteiger partial charge in [0.1, 0.15) is 0 Å². The van der Waals surface area contributed by atoms with Gasteiger partial charge in [-0.1, -0.05) is 18.1 Å². The third-order valence-electron chi connectivity index (χ3n) is 7.17. The minimum absolute atomic E-state index is 0.310. The minimum atomic E-state index is -0.779. The van der Waals surface area contributed by atoms with Gasteiger partial charge in [-0.25, -0.2) is 0 Å². The summed E-state index contributed by atoms with van der Waals surface area (Å²) in [7, 11) is 0. The second kappa shape index (κ2) is 4.16. The quantitative estimate of drug-likeness (QED) is 0.379. The van der Waals surface area contributed by atoms with E-state index in [4.69, 9.17) is 9.47 Å². The van der Waals surface area contributed by atoms with E-state index in [9.17, 15) is 19.2 Å². The fourth-order valence-corrected chi connectivity index (χ4v) is 6.57. The lowest BCUT2D eigenvalue weighted by Gasteiger charge is -2.59. The molecular weight excluding hydrogens is 312 g/mol. The van der Waals surface area contributed by atoms with E-state index in [-0.39, 0.29) is 0 Å². The van der Waals surface area contributed by atoms with E-state index in [1.807, 2.05) is 6.92 Å². The van der Waals surface area contributed by atoms with Crippen molar-refractivity contribution >= 4 is 23.9 Å². The molecule has 6 rings (SSSR count). The van der Waals surface area contributed by atoms with Gasteiger partial charge >= 0.3 is 23.9 Å². The third kappa shape index (κ3) is 1.32. The number of cyclic esters (lactones) is 4. The lowest BCUT2D eigenvalue weighted by molar-refractivity contribution is -0.157. The smallest absolute Gasteiger partial charge is 0.318 e. The molecule has 0 radical (unpaired) electrons. The van der Waals surface area contributed by atoms with Gasteiger partial charge in [0.2, 0.25) is 0 Å². The predicted molar refractivity (Wildman–Crippen MR) is 77.8 cm³/mol. The summed E-state index contributed by atoms with van der Waals surface area (Å²) in [6.45, 7) is 4.04. The molecule has 1 spiro atoms. The van der Waals surface area contributed by atoms with Crippen LogP contribution in [-0.4, -0.2) is 23.9 Å². The Balaban J connectivity index is 1.83. The maximum atomic E-state index is 12.5. The van der Waals surface area contributed by atoms with Crippen molar-refractivity contribution in [2.75, 3.05) is 0 Å². The Morgan fingerprint density at radius 1 is 0.875 bits per heavy atom. The van der Waals surface area contributed by atoms with Gasteiger partial charge in [0.05, 0.1) is 23.7 Å². The molecule has 2 saturated heterocycles. The number of allylic oxidation sites excluding steroid dienone is 2. The van der Waals surface area contributed by atoms with Crippen LogP contribution in [0.15, 0.2) is 11.1 Å². The Labute approximate surface area is 138 Å². The molecule has 0 N–H and O–H groups in total. The van der Waals surface area contributed by atoms with E-state index in [1.54, 1.807) is 0 Å². The first kappa shape index (κ1) is 14.4. The van der Waals surface area contributed by atoms with E-state index < -0.39 is 58.9 Å². The minimum Gasteiger partial charge on any atom is -0.393 e. The summed E-state index contributed by atoms with van der Waals surface area (Å²) in [5.74, 6) is -4.86. The molecule has 2 heterocycles. The maximum absolute atomic E-state index is 12.5. The van der Waals surface area contributed by atoms with Crippen LogP contribution in [0.4, 0.5) is 0 Å². The number of carbonyl (C=O) groups excluding carboxylic acids is 4. The summed E-state index contributed by atoms with van der Waals surface area (Å²) in [6, 6.07) is 0. The molecule has 5 atom stereocenters. The van der Waals surface area contributed by atoms with Crippen LogP contribution in [0.3, 0.4) is 0 Å². The average Bonchev–Trinajstić information content (AvgIpc) is 2.98. The summed E-state index contributed by atoms with van der Waals surface area (Å²) in [4.78, 5) is 49.9. The molecule has 0 aromatic heterocycles. The molecule has 2 bridgehead atoms. The summed E-state index contributed by atoms with van der Waals surface area (Å²) < 4.78 is 9.97. The molecule has 126 valence electrons. The van der Waals surface area contributed by atoms with Crippen molar-refractivity contribution < 1.29 is 28.7 Å². The number of esters is 4. The molecule has 0 aromatic carbocycles. The van der Waals surface area contributed by atoms with Crippen LogP contribution in [0, 0.1) is 40.9 Å². The van der Waals surface area contributed by atoms with Crippen molar-refractivity contribution in [3.63, 3.8) is 0 Å². The van der Waals surface area contributed by atoms with Gasteiger partial charge in [-0.05, 0) is 32.1 Å². The number of hydrogen-bond donors (Lipinski definition) is 0. The van der Waals surface area contributed by atoms with Gasteiger partial charge in [0.25, 0.3) is 0 Å². The van der Waals surface area contributed by atoms with Crippen molar-refractivity contribution in [1.29, 1.82) is 0 Å². The Morgan fingerprint density at radius 2 is 1.42 bits per heavy atom. The molecule has 4 fully saturated rings. The topological polar surface area (TPSA) is 86.7 Å². The lowest BCUT2D eigenvalue weighted by atomic mass is 9.39. The van der Waals surface area contributed by atoms with E-state index in [1.165, 1.54) is 0 Å². The second-order valence-corrected chi connectivity index (χ2v) is 8.06. The predicted octanol–water partition coefficient (Wildman–Crippen LogP) is 1.38. The van der Waals surface area contributed by atoms with Crippen molar-refractivity contribution in [1.82, 2.24) is 0 Å². The van der Waals surface area contributed by atoms with Crippen LogP contribution in [0.1, 0.15) is 33.1 Å². The molecule has 6 heteroatoms. The highest BCUT2D eigenvalue weighted by Gasteiger charge is 2.77. The highest BCUT2D eigenvalue weighted by molar-refractivity contribution is 6.04. The zero-order valence-electron chi connectivity index (χ0n) is 13.5. The van der Waals surface area contributed by atoms with Gasteiger partial charge in [0, 0.05) is 11.3 Å². The van der Waals surface area contributed by atoms with E-state index >= 15 is 0 Å². The molecule has 24 heavy (non-hydrogen) atoms. The zero-order chi connectivity index (χ0) is 17.0. The number of hydrogen-bond acceptors (Lipinski definition) is 6. The molecular formula is C18H18O6. The van der Waals surface area contributed by atoms with E-state index in [0.29, 0.717) is 12.3 Å². The second-order valence-electron chi connectivity index (χ2n) is 8.06. The molecule has 2 aliphatic heterocycles. The molecule has 4 aliphatic carbocycles. The van der Waals surface area contributed by atoms with E-state index in [0.717, 1.165) is 24.0 Å². The van der Waals surface area contributed by atoms with Crippen LogP contribution < -0.4 is 0 Å². The number of ether oxygens (including phenoxy) is 2. The average molecular weight is 330 g/mol. The van der Waals surface area contributed by atoms with Gasteiger partial charge in [-0.15, -0.1) is 0 Å². The van der Waals surface area contributed by atoms with Crippen LogP contribution in [0.5, 0.6) is 0 Å².